The smallest absolute Gasteiger partial charge is 0.326 e. The Bertz CT molecular complexity index is 837. The van der Waals surface area contributed by atoms with Crippen molar-refractivity contribution in [2.45, 2.75) is 56.3 Å². The van der Waals surface area contributed by atoms with E-state index in [9.17, 15) is 29.1 Å². The number of nitrogens with two attached hydrogens (primary N) is 2. The number of thiol groups is 1. The molecule has 0 saturated heterocycles. The first-order valence-electron chi connectivity index (χ1n) is 10.5. The standard InChI is InChI=1S/C19H31N7O7S/c20-4-2-1-3-12(24-16(29)11(21)6-15(27)28)17(30)26-14(8-34)18(31)25-13(19(32)33)5-10-7-22-9-23-10/h7,9,11-14,34H,1-6,8,20-21H2,(H,22,23)(H,24,29)(H,25,31)(H,26,30)(H,27,28)(H,32,33). The fourth-order valence-corrected chi connectivity index (χ4v) is 3.13. The van der Waals surface area contributed by atoms with Crippen LogP contribution < -0.4 is 27.4 Å². The van der Waals surface area contributed by atoms with E-state index in [1.165, 1.54) is 12.5 Å². The van der Waals surface area contributed by atoms with Crippen LogP contribution in [0.1, 0.15) is 31.4 Å². The topological polar surface area (TPSA) is 243 Å². The second-order valence-electron chi connectivity index (χ2n) is 7.47. The molecule has 1 rings (SSSR count). The van der Waals surface area contributed by atoms with Crippen LogP contribution in [-0.2, 0) is 30.4 Å². The normalized spacial score (nSPS) is 14.3. The van der Waals surface area contributed by atoms with E-state index < -0.39 is 60.2 Å². The Morgan fingerprint density at radius 3 is 2.15 bits per heavy atom. The fraction of sp³-hybridized carbons (Fsp3) is 0.579. The monoisotopic (exact) mass is 501 g/mol. The summed E-state index contributed by atoms with van der Waals surface area (Å²) in [6.07, 6.45) is 3.29. The molecule has 34 heavy (non-hydrogen) atoms. The molecule has 0 fully saturated rings. The van der Waals surface area contributed by atoms with Gasteiger partial charge in [0, 0.05) is 24.1 Å². The van der Waals surface area contributed by atoms with Crippen LogP contribution in [0, 0.1) is 0 Å². The number of H-pyrrole nitrogens is 1. The van der Waals surface area contributed by atoms with Crippen LogP contribution in [0.15, 0.2) is 12.5 Å². The maximum Gasteiger partial charge on any atom is 0.326 e. The van der Waals surface area contributed by atoms with Gasteiger partial charge >= 0.3 is 11.9 Å². The first kappa shape index (κ1) is 28.9. The lowest BCUT2D eigenvalue weighted by Crippen LogP contribution is -2.58. The number of aliphatic carboxylic acids is 2. The minimum atomic E-state index is -1.37. The van der Waals surface area contributed by atoms with Gasteiger partial charge in [0.25, 0.3) is 0 Å². The van der Waals surface area contributed by atoms with Crippen molar-refractivity contribution in [3.63, 3.8) is 0 Å². The van der Waals surface area contributed by atoms with Crippen molar-refractivity contribution in [2.24, 2.45) is 11.5 Å². The number of hydrogen-bond donors (Lipinski definition) is 9. The van der Waals surface area contributed by atoms with Gasteiger partial charge in [-0.05, 0) is 25.8 Å². The van der Waals surface area contributed by atoms with E-state index in [4.69, 9.17) is 16.6 Å². The van der Waals surface area contributed by atoms with Crippen molar-refractivity contribution in [1.29, 1.82) is 0 Å². The van der Waals surface area contributed by atoms with Gasteiger partial charge in [-0.3, -0.25) is 19.2 Å². The molecule has 0 aliphatic carbocycles. The summed E-state index contributed by atoms with van der Waals surface area (Å²) < 4.78 is 0. The summed E-state index contributed by atoms with van der Waals surface area (Å²) >= 11 is 4.06. The lowest BCUT2D eigenvalue weighted by Gasteiger charge is -2.24. The largest absolute Gasteiger partial charge is 0.481 e. The third kappa shape index (κ3) is 10.2. The second-order valence-corrected chi connectivity index (χ2v) is 7.84. The van der Waals surface area contributed by atoms with Gasteiger partial charge in [0.05, 0.1) is 18.8 Å². The minimum absolute atomic E-state index is 0.0620. The molecule has 1 aromatic rings. The van der Waals surface area contributed by atoms with E-state index in [2.05, 4.69) is 38.5 Å². The van der Waals surface area contributed by atoms with Crippen LogP contribution in [0.3, 0.4) is 0 Å². The zero-order valence-electron chi connectivity index (χ0n) is 18.4. The number of carbonyl (C=O) groups is 5. The molecule has 10 N–H and O–H groups in total. The van der Waals surface area contributed by atoms with Gasteiger partial charge in [-0.25, -0.2) is 9.78 Å². The molecule has 1 aromatic heterocycles. The van der Waals surface area contributed by atoms with Crippen molar-refractivity contribution in [3.05, 3.63) is 18.2 Å². The first-order chi connectivity index (χ1) is 16.1. The number of carbonyl (C=O) groups excluding carboxylic acids is 3. The molecule has 14 nitrogen and oxygen atoms in total. The number of imidazole rings is 1. The molecule has 0 aliphatic rings. The molecule has 0 radical (unpaired) electrons. The highest BCUT2D eigenvalue weighted by Gasteiger charge is 2.30. The molecule has 0 aliphatic heterocycles. The summed E-state index contributed by atoms with van der Waals surface area (Å²) in [4.78, 5) is 66.5. The molecule has 0 aromatic carbocycles. The lowest BCUT2D eigenvalue weighted by atomic mass is 10.1. The average molecular weight is 502 g/mol. The number of rotatable bonds is 16. The summed E-state index contributed by atoms with van der Waals surface area (Å²) in [7, 11) is 0. The van der Waals surface area contributed by atoms with Crippen molar-refractivity contribution in [3.8, 4) is 0 Å². The summed E-state index contributed by atoms with van der Waals surface area (Å²) in [6.45, 7) is 0.357. The Morgan fingerprint density at radius 1 is 1.00 bits per heavy atom. The predicted octanol–water partition coefficient (Wildman–Crippen LogP) is -2.65. The highest BCUT2D eigenvalue weighted by molar-refractivity contribution is 7.80. The quantitative estimate of drug-likeness (QED) is 0.0841. The van der Waals surface area contributed by atoms with Crippen molar-refractivity contribution >= 4 is 42.3 Å². The van der Waals surface area contributed by atoms with Gasteiger partial charge in [-0.1, -0.05) is 0 Å². The van der Waals surface area contributed by atoms with Gasteiger partial charge in [-0.15, -0.1) is 0 Å². The summed E-state index contributed by atoms with van der Waals surface area (Å²) in [5, 5.41) is 25.4. The Labute approximate surface area is 201 Å². The number of hydrogen-bond acceptors (Lipinski definition) is 9. The van der Waals surface area contributed by atoms with Crippen LogP contribution in [0.5, 0.6) is 0 Å². The van der Waals surface area contributed by atoms with E-state index in [0.717, 1.165) is 0 Å². The molecule has 1 heterocycles. The number of unbranched alkanes of at least 4 members (excludes halogenated alkanes) is 1. The molecule has 190 valence electrons. The number of aromatic amines is 1. The lowest BCUT2D eigenvalue weighted by molar-refractivity contribution is -0.142. The maximum absolute atomic E-state index is 12.8. The first-order valence-corrected chi connectivity index (χ1v) is 11.1. The zero-order chi connectivity index (χ0) is 25.7. The summed E-state index contributed by atoms with van der Waals surface area (Å²) in [5.41, 5.74) is 11.5. The molecular weight excluding hydrogens is 470 g/mol. The van der Waals surface area contributed by atoms with Crippen molar-refractivity contribution in [2.75, 3.05) is 12.3 Å². The van der Waals surface area contributed by atoms with E-state index in [-0.39, 0.29) is 18.6 Å². The number of amides is 3. The number of carboxylic acid groups (broad SMARTS) is 2. The number of nitrogens with one attached hydrogen (secondary N) is 4. The number of carboxylic acids is 2. The van der Waals surface area contributed by atoms with Crippen LogP contribution in [-0.4, -0.2) is 86.3 Å². The molecule has 4 atom stereocenters. The summed E-state index contributed by atoms with van der Waals surface area (Å²) in [6, 6.07) is -4.98. The van der Waals surface area contributed by atoms with Crippen molar-refractivity contribution < 1.29 is 34.2 Å². The number of nitrogens with zero attached hydrogens (tertiary/aromatic N) is 1. The molecule has 15 heteroatoms. The third-order valence-corrected chi connectivity index (χ3v) is 5.09. The number of aromatic nitrogens is 2. The third-order valence-electron chi connectivity index (χ3n) is 4.72. The molecule has 3 amide bonds. The molecule has 4 unspecified atom stereocenters. The van der Waals surface area contributed by atoms with Gasteiger partial charge in [0.15, 0.2) is 0 Å². The highest BCUT2D eigenvalue weighted by Crippen LogP contribution is 2.05. The molecule has 0 spiro atoms. The Balaban J connectivity index is 2.84. The average Bonchev–Trinajstić information content (AvgIpc) is 3.28. The van der Waals surface area contributed by atoms with Gasteiger partial charge in [0.1, 0.15) is 18.1 Å². The van der Waals surface area contributed by atoms with Gasteiger partial charge < -0.3 is 42.6 Å². The second kappa shape index (κ2) is 14.9. The Hall–Kier alpha value is -3.17. The van der Waals surface area contributed by atoms with Crippen molar-refractivity contribution in [1.82, 2.24) is 25.9 Å². The van der Waals surface area contributed by atoms with Crippen LogP contribution in [0.25, 0.3) is 0 Å². The Morgan fingerprint density at radius 2 is 1.62 bits per heavy atom. The zero-order valence-corrected chi connectivity index (χ0v) is 19.3. The Kier molecular flexibility index (Phi) is 12.6. The molecular formula is C19H31N7O7S. The van der Waals surface area contributed by atoms with Crippen LogP contribution in [0.2, 0.25) is 0 Å². The minimum Gasteiger partial charge on any atom is -0.481 e. The predicted molar refractivity (Wildman–Crippen MR) is 123 cm³/mol. The fourth-order valence-electron chi connectivity index (χ4n) is 2.88. The highest BCUT2D eigenvalue weighted by atomic mass is 32.1. The van der Waals surface area contributed by atoms with E-state index in [1.54, 1.807) is 0 Å². The summed E-state index contributed by atoms with van der Waals surface area (Å²) in [5.74, 6) is -5.08. The maximum atomic E-state index is 12.8. The molecule has 0 bridgehead atoms. The van der Waals surface area contributed by atoms with Gasteiger partial charge in [-0.2, -0.15) is 12.6 Å². The van der Waals surface area contributed by atoms with E-state index in [1.807, 2.05) is 0 Å². The van der Waals surface area contributed by atoms with E-state index in [0.29, 0.717) is 25.1 Å². The van der Waals surface area contributed by atoms with Crippen LogP contribution in [0.4, 0.5) is 0 Å². The molecule has 0 saturated carbocycles. The van der Waals surface area contributed by atoms with E-state index >= 15 is 0 Å². The van der Waals surface area contributed by atoms with Gasteiger partial charge in [0.2, 0.25) is 17.7 Å². The SMILES string of the molecule is NCCCCC(NC(=O)C(N)CC(=O)O)C(=O)NC(CS)C(=O)NC(Cc1cnc[nH]1)C(=O)O. The van der Waals surface area contributed by atoms with Crippen LogP contribution >= 0.6 is 12.6 Å².